The third-order valence-corrected chi connectivity index (χ3v) is 4.66. The smallest absolute Gasteiger partial charge is 0.435 e. The largest absolute Gasteiger partial charge is 0.462 e. The molecule has 0 saturated carbocycles. The van der Waals surface area contributed by atoms with Crippen LogP contribution >= 0.6 is 0 Å². The van der Waals surface area contributed by atoms with Crippen molar-refractivity contribution in [3.63, 3.8) is 0 Å². The maximum Gasteiger partial charge on any atom is 0.435 e. The number of esters is 1. The number of hydrogen-bond acceptors (Lipinski definition) is 6. The zero-order chi connectivity index (χ0) is 21.7. The van der Waals surface area contributed by atoms with Gasteiger partial charge in [0.1, 0.15) is 12.4 Å². The first-order chi connectivity index (χ1) is 14.3. The molecular formula is C19H22F3N5O3. The summed E-state index contributed by atoms with van der Waals surface area (Å²) < 4.78 is 43.9. The van der Waals surface area contributed by atoms with Crippen LogP contribution < -0.4 is 4.90 Å². The number of anilines is 1. The lowest BCUT2D eigenvalue weighted by atomic mass is 10.2. The first-order valence-corrected chi connectivity index (χ1v) is 9.54. The van der Waals surface area contributed by atoms with Gasteiger partial charge in [-0.05, 0) is 31.5 Å². The number of rotatable bonds is 5. The van der Waals surface area contributed by atoms with Gasteiger partial charge in [-0.2, -0.15) is 18.3 Å². The number of pyridine rings is 1. The van der Waals surface area contributed by atoms with Crippen molar-refractivity contribution in [1.82, 2.24) is 19.7 Å². The molecule has 0 aliphatic carbocycles. The molecule has 1 amide bonds. The van der Waals surface area contributed by atoms with Gasteiger partial charge in [0.25, 0.3) is 0 Å². The molecule has 30 heavy (non-hydrogen) atoms. The van der Waals surface area contributed by atoms with Crippen molar-refractivity contribution >= 4 is 17.7 Å². The van der Waals surface area contributed by atoms with Crippen molar-refractivity contribution in [1.29, 1.82) is 0 Å². The van der Waals surface area contributed by atoms with E-state index < -0.39 is 17.8 Å². The predicted octanol–water partition coefficient (Wildman–Crippen LogP) is 2.21. The van der Waals surface area contributed by atoms with E-state index in [0.29, 0.717) is 44.0 Å². The SMILES string of the molecule is CCOC(=O)c1ccc(N2CCCN(C(=O)Cn3ccc(C(F)(F)F)n3)CC2)nc1. The summed E-state index contributed by atoms with van der Waals surface area (Å²) in [5, 5.41) is 3.42. The number of nitrogens with zero attached hydrogens (tertiary/aromatic N) is 5. The molecule has 0 bridgehead atoms. The standard InChI is InChI=1S/C19H22F3N5O3/c1-2-30-18(29)14-4-5-16(23-12-14)25-7-3-8-26(11-10-25)17(28)13-27-9-6-15(24-27)19(20,21)22/h4-6,9,12H,2-3,7-8,10-11,13H2,1H3. The van der Waals surface area contributed by atoms with Crippen molar-refractivity contribution in [2.45, 2.75) is 26.1 Å². The van der Waals surface area contributed by atoms with Crippen LogP contribution in [0.3, 0.4) is 0 Å². The maximum absolute atomic E-state index is 12.7. The molecule has 1 aliphatic heterocycles. The molecule has 1 fully saturated rings. The van der Waals surface area contributed by atoms with Crippen LogP contribution in [0.1, 0.15) is 29.4 Å². The van der Waals surface area contributed by atoms with E-state index in [2.05, 4.69) is 10.1 Å². The number of carbonyl (C=O) groups is 2. The van der Waals surface area contributed by atoms with Gasteiger partial charge in [-0.15, -0.1) is 0 Å². The first kappa shape index (κ1) is 21.6. The monoisotopic (exact) mass is 425 g/mol. The zero-order valence-electron chi connectivity index (χ0n) is 16.4. The zero-order valence-corrected chi connectivity index (χ0v) is 16.4. The van der Waals surface area contributed by atoms with E-state index in [4.69, 9.17) is 4.74 Å². The molecule has 3 heterocycles. The number of hydrogen-bond donors (Lipinski definition) is 0. The molecule has 3 rings (SSSR count). The molecular weight excluding hydrogens is 403 g/mol. The van der Waals surface area contributed by atoms with Gasteiger partial charge < -0.3 is 14.5 Å². The van der Waals surface area contributed by atoms with E-state index >= 15 is 0 Å². The van der Waals surface area contributed by atoms with Crippen molar-refractivity contribution in [3.05, 3.63) is 41.9 Å². The molecule has 11 heteroatoms. The highest BCUT2D eigenvalue weighted by atomic mass is 19.4. The average molecular weight is 425 g/mol. The fraction of sp³-hybridized carbons (Fsp3) is 0.474. The van der Waals surface area contributed by atoms with Gasteiger partial charge in [-0.25, -0.2) is 9.78 Å². The Morgan fingerprint density at radius 2 is 1.93 bits per heavy atom. The summed E-state index contributed by atoms with van der Waals surface area (Å²) in [6, 6.07) is 4.22. The summed E-state index contributed by atoms with van der Waals surface area (Å²) in [5.41, 5.74) is -0.653. The van der Waals surface area contributed by atoms with Crippen LogP contribution in [0, 0.1) is 0 Å². The molecule has 1 saturated heterocycles. The number of aromatic nitrogens is 3. The van der Waals surface area contributed by atoms with Crippen LogP contribution in [0.15, 0.2) is 30.6 Å². The molecule has 0 aromatic carbocycles. The second kappa shape index (κ2) is 9.14. The average Bonchev–Trinajstić information content (AvgIpc) is 3.04. The summed E-state index contributed by atoms with van der Waals surface area (Å²) in [6.07, 6.45) is -1.25. The van der Waals surface area contributed by atoms with Gasteiger partial charge in [0.2, 0.25) is 5.91 Å². The van der Waals surface area contributed by atoms with Crippen LogP contribution in [-0.2, 0) is 22.3 Å². The minimum absolute atomic E-state index is 0.247. The Morgan fingerprint density at radius 3 is 2.57 bits per heavy atom. The highest BCUT2D eigenvalue weighted by Gasteiger charge is 2.33. The first-order valence-electron chi connectivity index (χ1n) is 9.54. The second-order valence-electron chi connectivity index (χ2n) is 6.74. The van der Waals surface area contributed by atoms with Gasteiger partial charge in [0.05, 0.1) is 12.2 Å². The highest BCUT2D eigenvalue weighted by Crippen LogP contribution is 2.27. The predicted molar refractivity (Wildman–Crippen MR) is 101 cm³/mol. The third-order valence-electron chi connectivity index (χ3n) is 4.66. The van der Waals surface area contributed by atoms with Gasteiger partial charge in [-0.1, -0.05) is 0 Å². The summed E-state index contributed by atoms with van der Waals surface area (Å²) in [5.74, 6) is -0.0463. The topological polar surface area (TPSA) is 80.6 Å². The molecule has 0 unspecified atom stereocenters. The minimum Gasteiger partial charge on any atom is -0.462 e. The fourth-order valence-corrected chi connectivity index (χ4v) is 3.14. The number of carbonyl (C=O) groups excluding carboxylic acids is 2. The summed E-state index contributed by atoms with van der Waals surface area (Å²) in [6.45, 7) is 3.85. The second-order valence-corrected chi connectivity index (χ2v) is 6.74. The van der Waals surface area contributed by atoms with E-state index in [-0.39, 0.29) is 19.1 Å². The fourth-order valence-electron chi connectivity index (χ4n) is 3.14. The molecule has 0 atom stereocenters. The van der Waals surface area contributed by atoms with Gasteiger partial charge in [-0.3, -0.25) is 9.48 Å². The van der Waals surface area contributed by atoms with E-state index in [1.807, 2.05) is 4.90 Å². The van der Waals surface area contributed by atoms with Crippen LogP contribution in [-0.4, -0.2) is 64.3 Å². The van der Waals surface area contributed by atoms with E-state index in [0.717, 1.165) is 16.9 Å². The Bertz CT molecular complexity index is 882. The van der Waals surface area contributed by atoms with Crippen LogP contribution in [0.5, 0.6) is 0 Å². The summed E-state index contributed by atoms with van der Waals surface area (Å²) in [7, 11) is 0. The van der Waals surface area contributed by atoms with Gasteiger partial charge >= 0.3 is 12.1 Å². The number of halogens is 3. The van der Waals surface area contributed by atoms with Crippen molar-refractivity contribution in [2.24, 2.45) is 0 Å². The van der Waals surface area contributed by atoms with E-state index in [1.165, 1.54) is 6.20 Å². The Hall–Kier alpha value is -3.11. The van der Waals surface area contributed by atoms with E-state index in [9.17, 15) is 22.8 Å². The number of ether oxygens (including phenoxy) is 1. The number of amides is 1. The maximum atomic E-state index is 12.7. The van der Waals surface area contributed by atoms with Crippen LogP contribution in [0.25, 0.3) is 0 Å². The van der Waals surface area contributed by atoms with Crippen LogP contribution in [0.4, 0.5) is 19.0 Å². The van der Waals surface area contributed by atoms with Crippen molar-refractivity contribution in [3.8, 4) is 0 Å². The Balaban J connectivity index is 1.57. The van der Waals surface area contributed by atoms with Gasteiger partial charge in [0.15, 0.2) is 5.69 Å². The number of alkyl halides is 3. The highest BCUT2D eigenvalue weighted by molar-refractivity contribution is 5.89. The normalized spacial score (nSPS) is 15.1. The molecule has 8 nitrogen and oxygen atoms in total. The lowest BCUT2D eigenvalue weighted by molar-refractivity contribution is -0.142. The summed E-state index contributed by atoms with van der Waals surface area (Å²) >= 11 is 0. The van der Waals surface area contributed by atoms with E-state index in [1.54, 1.807) is 24.0 Å². The Morgan fingerprint density at radius 1 is 1.13 bits per heavy atom. The third kappa shape index (κ3) is 5.28. The Labute approximate surface area is 171 Å². The lowest BCUT2D eigenvalue weighted by Crippen LogP contribution is -2.37. The molecule has 2 aromatic rings. The molecule has 0 spiro atoms. The lowest BCUT2D eigenvalue weighted by Gasteiger charge is -2.23. The Kier molecular flexibility index (Phi) is 6.58. The molecule has 2 aromatic heterocycles. The van der Waals surface area contributed by atoms with Crippen LogP contribution in [0.2, 0.25) is 0 Å². The van der Waals surface area contributed by atoms with Crippen molar-refractivity contribution < 1.29 is 27.5 Å². The summed E-state index contributed by atoms with van der Waals surface area (Å²) in [4.78, 5) is 32.1. The van der Waals surface area contributed by atoms with Crippen molar-refractivity contribution in [2.75, 3.05) is 37.7 Å². The molecule has 0 N–H and O–H groups in total. The quantitative estimate of drug-likeness (QED) is 0.684. The molecule has 162 valence electrons. The minimum atomic E-state index is -4.53. The van der Waals surface area contributed by atoms with Gasteiger partial charge in [0, 0.05) is 38.6 Å². The molecule has 0 radical (unpaired) electrons. The molecule has 1 aliphatic rings.